The maximum atomic E-state index is 14.7. The number of benzene rings is 1. The van der Waals surface area contributed by atoms with Crippen LogP contribution in [-0.4, -0.2) is 40.8 Å². The molecule has 1 aliphatic rings. The highest BCUT2D eigenvalue weighted by atomic mass is 28.3. The number of aliphatic hydroxyl groups excluding tert-OH is 1. The molecule has 4 atom stereocenters. The van der Waals surface area contributed by atoms with Crippen LogP contribution >= 0.6 is 0 Å². The van der Waals surface area contributed by atoms with E-state index in [0.29, 0.717) is 5.56 Å². The second-order valence-electron chi connectivity index (χ2n) is 8.69. The normalized spacial score (nSPS) is 21.9. The highest BCUT2D eigenvalue weighted by Gasteiger charge is 2.43. The predicted octanol–water partition coefficient (Wildman–Crippen LogP) is 2.00. The third-order valence-corrected chi connectivity index (χ3v) is 5.73. The number of aromatic amines is 1. The van der Waals surface area contributed by atoms with Crippen LogP contribution in [0.25, 0.3) is 0 Å². The van der Waals surface area contributed by atoms with E-state index >= 15 is 0 Å². The number of H-pyrrole nitrogens is 1. The summed E-state index contributed by atoms with van der Waals surface area (Å²) in [7, 11) is -1.78. The number of rotatable bonds is 4. The third kappa shape index (κ3) is 5.28. The van der Waals surface area contributed by atoms with Gasteiger partial charge in [-0.2, -0.15) is 0 Å². The molecular weight excluding hydrogens is 419 g/mol. The summed E-state index contributed by atoms with van der Waals surface area (Å²) in [5.74, 6) is 1.96. The number of nitrogens with one attached hydrogen (secondary N) is 1. The standard InChI is InChI=1S/C22H25FN2O5Si/c1-13-5-7-14(8-6-13)18(26)19(27)20-16(23)11-17(30-20)25-12-15(9-10-31(2,3)4)21(28)24-22(25)29/h5-8,12,16-18,20,26H,11H2,1-4H3,(H,24,28,29)/t16-,17+,18?,20-/m0/s1. The summed E-state index contributed by atoms with van der Waals surface area (Å²) >= 11 is 0. The van der Waals surface area contributed by atoms with Gasteiger partial charge in [0.1, 0.15) is 32.1 Å². The summed E-state index contributed by atoms with van der Waals surface area (Å²) in [4.78, 5) is 39.2. The highest BCUT2D eigenvalue weighted by molar-refractivity contribution is 6.83. The van der Waals surface area contributed by atoms with Crippen LogP contribution in [0.15, 0.2) is 40.1 Å². The lowest BCUT2D eigenvalue weighted by Gasteiger charge is -2.18. The Hall–Kier alpha value is -2.80. The number of hydrogen-bond acceptors (Lipinski definition) is 5. The van der Waals surface area contributed by atoms with Gasteiger partial charge in [0.25, 0.3) is 5.56 Å². The number of ketones is 1. The zero-order valence-electron chi connectivity index (χ0n) is 17.8. The van der Waals surface area contributed by atoms with Gasteiger partial charge < -0.3 is 9.84 Å². The second-order valence-corrected chi connectivity index (χ2v) is 13.4. The first-order chi connectivity index (χ1) is 14.5. The molecule has 2 heterocycles. The Morgan fingerprint density at radius 1 is 1.29 bits per heavy atom. The highest BCUT2D eigenvalue weighted by Crippen LogP contribution is 2.33. The smallest absolute Gasteiger partial charge is 0.330 e. The van der Waals surface area contributed by atoms with E-state index in [4.69, 9.17) is 4.74 Å². The summed E-state index contributed by atoms with van der Waals surface area (Å²) in [6.45, 7) is 7.89. The summed E-state index contributed by atoms with van der Waals surface area (Å²) in [5, 5.41) is 10.4. The zero-order valence-corrected chi connectivity index (χ0v) is 18.8. The number of aliphatic hydroxyl groups is 1. The number of ether oxygens (including phenoxy) is 1. The Morgan fingerprint density at radius 2 is 1.94 bits per heavy atom. The Balaban J connectivity index is 1.85. The fourth-order valence-corrected chi connectivity index (χ4v) is 3.67. The van der Waals surface area contributed by atoms with Crippen LogP contribution < -0.4 is 11.2 Å². The van der Waals surface area contributed by atoms with Gasteiger partial charge in [0.05, 0.1) is 0 Å². The van der Waals surface area contributed by atoms with Crippen LogP contribution in [0.5, 0.6) is 0 Å². The Bertz CT molecular complexity index is 1150. The molecule has 0 saturated carbocycles. The molecule has 1 fully saturated rings. The lowest BCUT2D eigenvalue weighted by Crippen LogP contribution is -2.35. The van der Waals surface area contributed by atoms with E-state index in [1.807, 2.05) is 26.6 Å². The van der Waals surface area contributed by atoms with E-state index in [2.05, 4.69) is 16.4 Å². The molecule has 0 radical (unpaired) electrons. The van der Waals surface area contributed by atoms with Gasteiger partial charge in [-0.25, -0.2) is 9.18 Å². The quantitative estimate of drug-likeness (QED) is 0.555. The summed E-state index contributed by atoms with van der Waals surface area (Å²) in [6.07, 6.45) is -4.94. The molecule has 31 heavy (non-hydrogen) atoms. The molecule has 0 spiro atoms. The molecule has 164 valence electrons. The van der Waals surface area contributed by atoms with Crippen LogP contribution in [0.3, 0.4) is 0 Å². The van der Waals surface area contributed by atoms with Crippen LogP contribution in [0, 0.1) is 18.4 Å². The monoisotopic (exact) mass is 444 g/mol. The Kier molecular flexibility index (Phi) is 6.45. The van der Waals surface area contributed by atoms with Crippen LogP contribution in [0.1, 0.15) is 35.4 Å². The number of nitrogens with zero attached hydrogens (tertiary/aromatic N) is 1. The maximum Gasteiger partial charge on any atom is 0.330 e. The van der Waals surface area contributed by atoms with Crippen molar-refractivity contribution in [1.82, 2.24) is 9.55 Å². The molecular formula is C22H25FN2O5Si. The van der Waals surface area contributed by atoms with Crippen LogP contribution in [0.4, 0.5) is 4.39 Å². The van der Waals surface area contributed by atoms with Crippen molar-refractivity contribution in [2.24, 2.45) is 0 Å². The molecule has 3 rings (SSSR count). The Morgan fingerprint density at radius 3 is 2.55 bits per heavy atom. The lowest BCUT2D eigenvalue weighted by atomic mass is 9.99. The van der Waals surface area contributed by atoms with Crippen molar-refractivity contribution in [3.8, 4) is 11.5 Å². The van der Waals surface area contributed by atoms with Crippen molar-refractivity contribution in [3.05, 3.63) is 68.0 Å². The van der Waals surface area contributed by atoms with Gasteiger partial charge in [-0.05, 0) is 12.5 Å². The van der Waals surface area contributed by atoms with Gasteiger partial charge >= 0.3 is 5.69 Å². The average molecular weight is 445 g/mol. The molecule has 1 unspecified atom stereocenters. The van der Waals surface area contributed by atoms with Crippen molar-refractivity contribution in [2.75, 3.05) is 0 Å². The molecule has 0 aliphatic carbocycles. The SMILES string of the molecule is Cc1ccc(C(O)C(=O)[C@H]2O[C@@H](n3cc(C#C[Si](C)(C)C)c(=O)[nH]c3=O)C[C@@H]2F)cc1. The molecule has 0 bridgehead atoms. The number of aryl methyl sites for hydroxylation is 1. The van der Waals surface area contributed by atoms with Crippen molar-refractivity contribution in [2.45, 2.75) is 57.6 Å². The molecule has 2 aromatic rings. The minimum Gasteiger partial charge on any atom is -0.380 e. The largest absolute Gasteiger partial charge is 0.380 e. The second kappa shape index (κ2) is 8.75. The van der Waals surface area contributed by atoms with E-state index in [-0.39, 0.29) is 12.0 Å². The van der Waals surface area contributed by atoms with Crippen molar-refractivity contribution in [3.63, 3.8) is 0 Å². The van der Waals surface area contributed by atoms with Crippen LogP contribution in [-0.2, 0) is 9.53 Å². The fourth-order valence-electron chi connectivity index (χ4n) is 3.16. The third-order valence-electron chi connectivity index (χ3n) is 4.85. The van der Waals surface area contributed by atoms with Gasteiger partial charge in [-0.15, -0.1) is 5.54 Å². The minimum atomic E-state index is -1.78. The van der Waals surface area contributed by atoms with E-state index in [0.717, 1.165) is 10.1 Å². The number of aromatic nitrogens is 2. The molecule has 1 aliphatic heterocycles. The van der Waals surface area contributed by atoms with E-state index in [9.17, 15) is 23.9 Å². The maximum absolute atomic E-state index is 14.7. The topological polar surface area (TPSA) is 101 Å². The first-order valence-electron chi connectivity index (χ1n) is 9.93. The van der Waals surface area contributed by atoms with Gasteiger partial charge in [-0.1, -0.05) is 55.4 Å². The van der Waals surface area contributed by atoms with Gasteiger partial charge in [-0.3, -0.25) is 19.1 Å². The summed E-state index contributed by atoms with van der Waals surface area (Å²) in [5.41, 5.74) is 2.97. The predicted molar refractivity (Wildman–Crippen MR) is 116 cm³/mol. The minimum absolute atomic E-state index is 0.0653. The molecule has 7 nitrogen and oxygen atoms in total. The van der Waals surface area contributed by atoms with Gasteiger partial charge in [0, 0.05) is 12.6 Å². The molecule has 2 N–H and O–H groups in total. The number of carbonyl (C=O) groups excluding carboxylic acids is 1. The number of Topliss-reactive ketones (excluding diaryl/α,β-unsaturated/α-hetero) is 1. The first-order valence-corrected chi connectivity index (χ1v) is 13.4. The summed E-state index contributed by atoms with van der Waals surface area (Å²) < 4.78 is 21.2. The van der Waals surface area contributed by atoms with Crippen molar-refractivity contribution >= 4 is 13.9 Å². The first kappa shape index (κ1) is 22.9. The van der Waals surface area contributed by atoms with Gasteiger partial charge in [0.2, 0.25) is 0 Å². The Labute approximate surface area is 179 Å². The number of carbonyl (C=O) groups is 1. The van der Waals surface area contributed by atoms with Gasteiger partial charge in [0.15, 0.2) is 11.9 Å². The lowest BCUT2D eigenvalue weighted by molar-refractivity contribution is -0.142. The molecule has 9 heteroatoms. The molecule has 1 saturated heterocycles. The van der Waals surface area contributed by atoms with E-state index in [1.165, 1.54) is 6.20 Å². The number of hydrogen-bond donors (Lipinski definition) is 2. The molecule has 1 aromatic carbocycles. The number of halogens is 1. The average Bonchev–Trinajstić information content (AvgIpc) is 3.07. The molecule has 0 amide bonds. The molecule has 1 aromatic heterocycles. The van der Waals surface area contributed by atoms with E-state index < -0.39 is 49.7 Å². The van der Waals surface area contributed by atoms with Crippen molar-refractivity contribution < 1.29 is 19.0 Å². The number of alkyl halides is 1. The van der Waals surface area contributed by atoms with Crippen LogP contribution in [0.2, 0.25) is 19.6 Å². The van der Waals surface area contributed by atoms with Crippen molar-refractivity contribution in [1.29, 1.82) is 0 Å². The fraction of sp³-hybridized carbons (Fsp3) is 0.409. The zero-order chi connectivity index (χ0) is 22.9. The van der Waals surface area contributed by atoms with E-state index in [1.54, 1.807) is 24.3 Å². The summed E-state index contributed by atoms with van der Waals surface area (Å²) in [6, 6.07) is 6.65.